The van der Waals surface area contributed by atoms with Crippen LogP contribution >= 0.6 is 0 Å². The number of nitrogens with one attached hydrogen (secondary N) is 1. The van der Waals surface area contributed by atoms with Crippen LogP contribution in [-0.2, 0) is 19.6 Å². The van der Waals surface area contributed by atoms with Crippen molar-refractivity contribution in [3.63, 3.8) is 0 Å². The van der Waals surface area contributed by atoms with Gasteiger partial charge in [-0.25, -0.2) is 8.42 Å². The van der Waals surface area contributed by atoms with Crippen LogP contribution in [0.5, 0.6) is 0 Å². The van der Waals surface area contributed by atoms with Gasteiger partial charge in [-0.15, -0.1) is 0 Å². The molecule has 0 aliphatic carbocycles. The maximum absolute atomic E-state index is 12.4. The molecule has 1 aromatic carbocycles. The molecule has 2 atom stereocenters. The van der Waals surface area contributed by atoms with Crippen molar-refractivity contribution in [1.29, 1.82) is 5.26 Å². The summed E-state index contributed by atoms with van der Waals surface area (Å²) < 4.78 is 32.1. The highest BCUT2D eigenvalue weighted by Gasteiger charge is 2.28. The molecule has 7 heteroatoms. The Morgan fingerprint density at radius 2 is 1.83 bits per heavy atom. The van der Waals surface area contributed by atoms with Gasteiger partial charge in [0.05, 0.1) is 4.90 Å². The van der Waals surface area contributed by atoms with Crippen LogP contribution in [0.25, 0.3) is 0 Å². The summed E-state index contributed by atoms with van der Waals surface area (Å²) in [6, 6.07) is 7.08. The molecule has 0 aromatic heterocycles. The van der Waals surface area contributed by atoms with E-state index in [1.807, 2.05) is 20.8 Å². The maximum atomic E-state index is 12.4. The number of hydrogen-bond donors (Lipinski definition) is 1. The van der Waals surface area contributed by atoms with Crippen LogP contribution in [0.15, 0.2) is 29.2 Å². The first-order chi connectivity index (χ1) is 10.7. The van der Waals surface area contributed by atoms with E-state index in [9.17, 15) is 13.2 Å². The second kappa shape index (κ2) is 8.09. The Labute approximate surface area is 137 Å². The van der Waals surface area contributed by atoms with Crippen LogP contribution in [0.3, 0.4) is 0 Å². The zero-order valence-electron chi connectivity index (χ0n) is 13.7. The van der Waals surface area contributed by atoms with E-state index in [0.717, 1.165) is 5.56 Å². The second-order valence-corrected chi connectivity index (χ2v) is 7.54. The fraction of sp³-hybridized carbons (Fsp3) is 0.500. The molecule has 1 N–H and O–H groups in total. The zero-order chi connectivity index (χ0) is 17.6. The summed E-state index contributed by atoms with van der Waals surface area (Å²) in [6.07, 6.45) is -0.650. The number of nitrogens with zero attached hydrogens (tertiary/aromatic N) is 1. The predicted molar refractivity (Wildman–Crippen MR) is 85.9 cm³/mol. The van der Waals surface area contributed by atoms with Gasteiger partial charge in [0.15, 0.2) is 6.10 Å². The van der Waals surface area contributed by atoms with E-state index in [-0.39, 0.29) is 17.2 Å². The van der Waals surface area contributed by atoms with Gasteiger partial charge >= 0.3 is 5.97 Å². The lowest BCUT2D eigenvalue weighted by Gasteiger charge is -2.20. The van der Waals surface area contributed by atoms with E-state index in [2.05, 4.69) is 4.72 Å². The molecule has 0 unspecified atom stereocenters. The van der Waals surface area contributed by atoms with Crippen LogP contribution < -0.4 is 4.72 Å². The summed E-state index contributed by atoms with van der Waals surface area (Å²) in [4.78, 5) is 12.2. The first kappa shape index (κ1) is 19.1. The number of benzene rings is 1. The van der Waals surface area contributed by atoms with Gasteiger partial charge in [-0.05, 0) is 38.3 Å². The van der Waals surface area contributed by atoms with Crippen molar-refractivity contribution < 1.29 is 17.9 Å². The summed E-state index contributed by atoms with van der Waals surface area (Å²) >= 11 is 0. The molecular weight excluding hydrogens is 316 g/mol. The molecule has 0 amide bonds. The zero-order valence-corrected chi connectivity index (χ0v) is 14.6. The van der Waals surface area contributed by atoms with Gasteiger partial charge in [-0.3, -0.25) is 4.79 Å². The lowest BCUT2D eigenvalue weighted by atomic mass is 10.0. The van der Waals surface area contributed by atoms with Crippen LogP contribution in [-0.4, -0.2) is 26.5 Å². The molecule has 0 saturated heterocycles. The maximum Gasteiger partial charge on any atom is 0.325 e. The highest BCUT2D eigenvalue weighted by molar-refractivity contribution is 7.89. The van der Waals surface area contributed by atoms with Crippen molar-refractivity contribution >= 4 is 16.0 Å². The summed E-state index contributed by atoms with van der Waals surface area (Å²) in [5, 5.41) is 8.72. The van der Waals surface area contributed by atoms with Gasteiger partial charge in [0.25, 0.3) is 0 Å². The molecule has 1 rings (SSSR count). The number of carbonyl (C=O) groups is 1. The van der Waals surface area contributed by atoms with E-state index >= 15 is 0 Å². The number of rotatable bonds is 7. The third-order valence-corrected chi connectivity index (χ3v) is 4.58. The molecular formula is C16H22N2O4S. The Bertz CT molecular complexity index is 675. The van der Waals surface area contributed by atoms with Gasteiger partial charge in [0.2, 0.25) is 10.0 Å². The summed E-state index contributed by atoms with van der Waals surface area (Å²) in [6.45, 7) is 7.02. The molecule has 0 aliphatic heterocycles. The summed E-state index contributed by atoms with van der Waals surface area (Å²) in [7, 11) is -3.84. The van der Waals surface area contributed by atoms with Crippen LogP contribution in [0.4, 0.5) is 0 Å². The van der Waals surface area contributed by atoms with Gasteiger partial charge < -0.3 is 4.74 Å². The standard InChI is InChI=1S/C16H22N2O4S/c1-11(2)9-15(16(19)22-13(4)10-17)18-23(20,21)14-7-5-12(3)6-8-14/h5-8,11,13,15,18H,9H2,1-4H3/t13-,15+/m0/s1. The average Bonchev–Trinajstić information content (AvgIpc) is 2.46. The topological polar surface area (TPSA) is 96.3 Å². The molecule has 126 valence electrons. The van der Waals surface area contributed by atoms with E-state index in [4.69, 9.17) is 10.00 Å². The van der Waals surface area contributed by atoms with Gasteiger partial charge in [-0.2, -0.15) is 9.98 Å². The van der Waals surface area contributed by atoms with Gasteiger partial charge in [0.1, 0.15) is 12.1 Å². The first-order valence-corrected chi connectivity index (χ1v) is 8.83. The van der Waals surface area contributed by atoms with E-state index in [1.54, 1.807) is 18.2 Å². The van der Waals surface area contributed by atoms with Crippen molar-refractivity contribution in [3.8, 4) is 6.07 Å². The fourth-order valence-corrected chi connectivity index (χ4v) is 3.12. The highest BCUT2D eigenvalue weighted by atomic mass is 32.2. The number of hydrogen-bond acceptors (Lipinski definition) is 5. The minimum absolute atomic E-state index is 0.0747. The van der Waals surface area contributed by atoms with Crippen molar-refractivity contribution in [3.05, 3.63) is 29.8 Å². The van der Waals surface area contributed by atoms with Crippen LogP contribution in [0, 0.1) is 24.2 Å². The lowest BCUT2D eigenvalue weighted by molar-refractivity contribution is -0.148. The SMILES string of the molecule is Cc1ccc(S(=O)(=O)N[C@H](CC(C)C)C(=O)O[C@@H](C)C#N)cc1. The largest absolute Gasteiger partial charge is 0.446 e. The fourth-order valence-electron chi connectivity index (χ4n) is 1.92. The quantitative estimate of drug-likeness (QED) is 0.768. The molecule has 0 spiro atoms. The molecule has 0 bridgehead atoms. The monoisotopic (exact) mass is 338 g/mol. The first-order valence-electron chi connectivity index (χ1n) is 7.35. The molecule has 1 aromatic rings. The lowest BCUT2D eigenvalue weighted by Crippen LogP contribution is -2.43. The normalized spacial score (nSPS) is 14.1. The molecule has 6 nitrogen and oxygen atoms in total. The summed E-state index contributed by atoms with van der Waals surface area (Å²) in [5.41, 5.74) is 0.935. The average molecular weight is 338 g/mol. The summed E-state index contributed by atoms with van der Waals surface area (Å²) in [5.74, 6) is -0.672. The van der Waals surface area contributed by atoms with E-state index in [0.29, 0.717) is 0 Å². The Hall–Kier alpha value is -1.91. The number of ether oxygens (including phenoxy) is 1. The molecule has 0 heterocycles. The third-order valence-electron chi connectivity index (χ3n) is 3.10. The molecule has 0 saturated carbocycles. The number of sulfonamides is 1. The molecule has 0 radical (unpaired) electrons. The minimum Gasteiger partial charge on any atom is -0.446 e. The Morgan fingerprint density at radius 3 is 2.30 bits per heavy atom. The Balaban J connectivity index is 2.97. The van der Waals surface area contributed by atoms with Crippen LogP contribution in [0.2, 0.25) is 0 Å². The number of carbonyl (C=O) groups excluding carboxylic acids is 1. The second-order valence-electron chi connectivity index (χ2n) is 5.82. The third kappa shape index (κ3) is 6.00. The number of aryl methyl sites for hydroxylation is 1. The van der Waals surface area contributed by atoms with Crippen LogP contribution in [0.1, 0.15) is 32.8 Å². The number of esters is 1. The molecule has 23 heavy (non-hydrogen) atoms. The Morgan fingerprint density at radius 1 is 1.26 bits per heavy atom. The van der Waals surface area contributed by atoms with Gasteiger partial charge in [-0.1, -0.05) is 31.5 Å². The Kier molecular flexibility index (Phi) is 6.73. The van der Waals surface area contributed by atoms with Gasteiger partial charge in [0, 0.05) is 0 Å². The van der Waals surface area contributed by atoms with Crippen molar-refractivity contribution in [2.24, 2.45) is 5.92 Å². The number of nitriles is 1. The minimum atomic E-state index is -3.84. The highest BCUT2D eigenvalue weighted by Crippen LogP contribution is 2.14. The predicted octanol–water partition coefficient (Wildman–Crippen LogP) is 2.14. The van der Waals surface area contributed by atoms with E-state index < -0.39 is 28.1 Å². The molecule has 0 aliphatic rings. The smallest absolute Gasteiger partial charge is 0.325 e. The molecule has 0 fully saturated rings. The van der Waals surface area contributed by atoms with Crippen molar-refractivity contribution in [2.45, 2.75) is 51.2 Å². The van der Waals surface area contributed by atoms with Crippen molar-refractivity contribution in [2.75, 3.05) is 0 Å². The van der Waals surface area contributed by atoms with Crippen molar-refractivity contribution in [1.82, 2.24) is 4.72 Å². The van der Waals surface area contributed by atoms with E-state index in [1.165, 1.54) is 19.1 Å².